The summed E-state index contributed by atoms with van der Waals surface area (Å²) in [4.78, 5) is 11.6. The Morgan fingerprint density at radius 2 is 1.81 bits per heavy atom. The molecule has 0 radical (unpaired) electrons. The minimum Gasteiger partial charge on any atom is -0.458 e. The lowest BCUT2D eigenvalue weighted by molar-refractivity contribution is -0.138. The van der Waals surface area contributed by atoms with Crippen LogP contribution in [-0.4, -0.2) is 5.97 Å². The number of hydrogen-bond acceptors (Lipinski definition) is 2. The van der Waals surface area contributed by atoms with Crippen molar-refractivity contribution in [3.05, 3.63) is 75.5 Å². The Hall–Kier alpha value is -1.84. The van der Waals surface area contributed by atoms with Crippen LogP contribution in [0, 0.1) is 5.82 Å². The van der Waals surface area contributed by atoms with Gasteiger partial charge in [0.15, 0.2) is 0 Å². The minimum atomic E-state index is -0.603. The third kappa shape index (κ3) is 4.31. The van der Waals surface area contributed by atoms with Gasteiger partial charge in [0.1, 0.15) is 12.4 Å². The Morgan fingerprint density at radius 3 is 2.52 bits per heavy atom. The molecule has 0 unspecified atom stereocenters. The maximum Gasteiger partial charge on any atom is 0.331 e. The summed E-state index contributed by atoms with van der Waals surface area (Å²) in [5.74, 6) is -1.10. The highest BCUT2D eigenvalue weighted by atomic mass is 35.5. The largest absolute Gasteiger partial charge is 0.458 e. The first-order valence-electron chi connectivity index (χ1n) is 6.10. The van der Waals surface area contributed by atoms with Crippen molar-refractivity contribution >= 4 is 35.2 Å². The van der Waals surface area contributed by atoms with Gasteiger partial charge in [-0.3, -0.25) is 0 Å². The van der Waals surface area contributed by atoms with E-state index in [1.165, 1.54) is 18.2 Å². The Kier molecular flexibility index (Phi) is 5.37. The van der Waals surface area contributed by atoms with E-state index in [1.54, 1.807) is 30.3 Å². The van der Waals surface area contributed by atoms with Gasteiger partial charge in [-0.05, 0) is 24.3 Å². The summed E-state index contributed by atoms with van der Waals surface area (Å²) in [6.45, 7) is 0.0495. The summed E-state index contributed by atoms with van der Waals surface area (Å²) in [5, 5.41) is 0.747. The SMILES string of the molecule is O=C(/C=C/c1c(F)cccc1Cl)OCc1ccccc1Cl. The van der Waals surface area contributed by atoms with Crippen molar-refractivity contribution in [1.29, 1.82) is 0 Å². The molecule has 2 aromatic rings. The zero-order chi connectivity index (χ0) is 15.2. The maximum absolute atomic E-state index is 13.5. The first-order valence-corrected chi connectivity index (χ1v) is 6.86. The van der Waals surface area contributed by atoms with E-state index in [1.807, 2.05) is 0 Å². The van der Waals surface area contributed by atoms with Crippen LogP contribution in [-0.2, 0) is 16.1 Å². The van der Waals surface area contributed by atoms with Crippen LogP contribution in [0.4, 0.5) is 4.39 Å². The summed E-state index contributed by atoms with van der Waals surface area (Å²) in [7, 11) is 0. The number of carbonyl (C=O) groups excluding carboxylic acids is 1. The maximum atomic E-state index is 13.5. The van der Waals surface area contributed by atoms with Gasteiger partial charge in [0.2, 0.25) is 0 Å². The van der Waals surface area contributed by atoms with Crippen molar-refractivity contribution in [1.82, 2.24) is 0 Å². The summed E-state index contributed by atoms with van der Waals surface area (Å²) in [6, 6.07) is 11.3. The zero-order valence-electron chi connectivity index (χ0n) is 10.9. The van der Waals surface area contributed by atoms with Crippen molar-refractivity contribution < 1.29 is 13.9 Å². The van der Waals surface area contributed by atoms with Crippen LogP contribution in [0.1, 0.15) is 11.1 Å². The van der Waals surface area contributed by atoms with E-state index in [-0.39, 0.29) is 17.2 Å². The van der Waals surface area contributed by atoms with E-state index < -0.39 is 11.8 Å². The molecule has 2 aromatic carbocycles. The highest BCUT2D eigenvalue weighted by molar-refractivity contribution is 6.32. The van der Waals surface area contributed by atoms with Gasteiger partial charge < -0.3 is 4.74 Å². The monoisotopic (exact) mass is 324 g/mol. The van der Waals surface area contributed by atoms with Gasteiger partial charge >= 0.3 is 5.97 Å². The highest BCUT2D eigenvalue weighted by Gasteiger charge is 2.05. The van der Waals surface area contributed by atoms with Gasteiger partial charge in [0.05, 0.1) is 5.02 Å². The Morgan fingerprint density at radius 1 is 1.10 bits per heavy atom. The van der Waals surface area contributed by atoms with Crippen LogP contribution in [0.15, 0.2) is 48.5 Å². The van der Waals surface area contributed by atoms with Crippen LogP contribution >= 0.6 is 23.2 Å². The summed E-state index contributed by atoms with van der Waals surface area (Å²) in [6.07, 6.45) is 2.41. The smallest absolute Gasteiger partial charge is 0.331 e. The van der Waals surface area contributed by atoms with Crippen molar-refractivity contribution in [2.45, 2.75) is 6.61 Å². The van der Waals surface area contributed by atoms with Crippen LogP contribution < -0.4 is 0 Å². The number of ether oxygens (including phenoxy) is 1. The first-order chi connectivity index (χ1) is 10.1. The van der Waals surface area contributed by atoms with Gasteiger partial charge in [-0.2, -0.15) is 0 Å². The molecule has 0 saturated heterocycles. The fraction of sp³-hybridized carbons (Fsp3) is 0.0625. The molecule has 108 valence electrons. The van der Waals surface area contributed by atoms with Crippen LogP contribution in [0.3, 0.4) is 0 Å². The molecule has 0 atom stereocenters. The fourth-order valence-corrected chi connectivity index (χ4v) is 2.05. The van der Waals surface area contributed by atoms with E-state index in [4.69, 9.17) is 27.9 Å². The molecule has 0 N–H and O–H groups in total. The van der Waals surface area contributed by atoms with E-state index in [0.717, 1.165) is 6.08 Å². The first kappa shape index (κ1) is 15.5. The van der Waals surface area contributed by atoms with Crippen LogP contribution in [0.25, 0.3) is 6.08 Å². The molecule has 2 rings (SSSR count). The fourth-order valence-electron chi connectivity index (χ4n) is 1.63. The predicted octanol–water partition coefficient (Wildman–Crippen LogP) is 4.89. The van der Waals surface area contributed by atoms with E-state index in [0.29, 0.717) is 10.6 Å². The van der Waals surface area contributed by atoms with E-state index >= 15 is 0 Å². The van der Waals surface area contributed by atoms with Gasteiger partial charge in [0.25, 0.3) is 0 Å². The van der Waals surface area contributed by atoms with Gasteiger partial charge in [-0.15, -0.1) is 0 Å². The third-order valence-electron chi connectivity index (χ3n) is 2.71. The van der Waals surface area contributed by atoms with Crippen molar-refractivity contribution in [3.8, 4) is 0 Å². The number of carbonyl (C=O) groups is 1. The number of hydrogen-bond donors (Lipinski definition) is 0. The molecular formula is C16H11Cl2FO2. The highest BCUT2D eigenvalue weighted by Crippen LogP contribution is 2.20. The normalized spacial score (nSPS) is 10.8. The van der Waals surface area contributed by atoms with Gasteiger partial charge in [-0.1, -0.05) is 47.5 Å². The van der Waals surface area contributed by atoms with Gasteiger partial charge in [-0.25, -0.2) is 9.18 Å². The molecule has 2 nitrogen and oxygen atoms in total. The lowest BCUT2D eigenvalue weighted by atomic mass is 10.2. The molecule has 0 bridgehead atoms. The predicted molar refractivity (Wildman–Crippen MR) is 81.7 cm³/mol. The van der Waals surface area contributed by atoms with Gasteiger partial charge in [0, 0.05) is 22.2 Å². The molecular weight excluding hydrogens is 314 g/mol. The summed E-state index contributed by atoms with van der Waals surface area (Å²) in [5.41, 5.74) is 0.846. The summed E-state index contributed by atoms with van der Waals surface area (Å²) >= 11 is 11.8. The van der Waals surface area contributed by atoms with Crippen molar-refractivity contribution in [2.24, 2.45) is 0 Å². The molecule has 0 fully saturated rings. The zero-order valence-corrected chi connectivity index (χ0v) is 12.4. The molecule has 0 heterocycles. The molecule has 0 aliphatic rings. The Balaban J connectivity index is 1.99. The average molecular weight is 325 g/mol. The minimum absolute atomic E-state index is 0.0495. The molecule has 0 aliphatic carbocycles. The average Bonchev–Trinajstić information content (AvgIpc) is 2.46. The quantitative estimate of drug-likeness (QED) is 0.591. The summed E-state index contributed by atoms with van der Waals surface area (Å²) < 4.78 is 18.5. The molecule has 0 spiro atoms. The molecule has 0 amide bonds. The van der Waals surface area contributed by atoms with E-state index in [9.17, 15) is 9.18 Å². The number of halogens is 3. The second-order valence-electron chi connectivity index (χ2n) is 4.17. The lowest BCUT2D eigenvalue weighted by Crippen LogP contribution is -2.01. The number of rotatable bonds is 4. The Labute approximate surface area is 131 Å². The number of esters is 1. The van der Waals surface area contributed by atoms with E-state index in [2.05, 4.69) is 0 Å². The number of benzene rings is 2. The molecule has 5 heteroatoms. The standard InChI is InChI=1S/C16H11Cl2FO2/c17-13-5-2-1-4-11(13)10-21-16(20)9-8-12-14(18)6-3-7-15(12)19/h1-9H,10H2/b9-8+. The van der Waals surface area contributed by atoms with Crippen LogP contribution in [0.2, 0.25) is 10.0 Å². The second kappa shape index (κ2) is 7.25. The molecule has 21 heavy (non-hydrogen) atoms. The molecule has 0 aliphatic heterocycles. The Bertz CT molecular complexity index is 663. The topological polar surface area (TPSA) is 26.3 Å². The van der Waals surface area contributed by atoms with Crippen molar-refractivity contribution in [2.75, 3.05) is 0 Å². The third-order valence-corrected chi connectivity index (χ3v) is 3.41. The van der Waals surface area contributed by atoms with Crippen molar-refractivity contribution in [3.63, 3.8) is 0 Å². The molecule has 0 saturated carbocycles. The van der Waals surface area contributed by atoms with Crippen LogP contribution in [0.5, 0.6) is 0 Å². The second-order valence-corrected chi connectivity index (χ2v) is 4.98. The molecule has 0 aromatic heterocycles. The lowest BCUT2D eigenvalue weighted by Gasteiger charge is -2.04.